The number of carbonyl (C=O) groups is 1. The number of fused-ring (bicyclic) bond motifs is 5. The summed E-state index contributed by atoms with van der Waals surface area (Å²) in [6.45, 7) is 0. The molecule has 2 bridgehead atoms. The molecule has 13 heavy (non-hydrogen) atoms. The van der Waals surface area contributed by atoms with Gasteiger partial charge in [0.15, 0.2) is 0 Å². The van der Waals surface area contributed by atoms with Crippen LogP contribution in [0, 0.1) is 23.7 Å². The molecule has 0 heterocycles. The number of rotatable bonds is 0. The van der Waals surface area contributed by atoms with Crippen LogP contribution in [0.1, 0.15) is 19.3 Å². The van der Waals surface area contributed by atoms with Gasteiger partial charge in [0.25, 0.3) is 0 Å². The van der Waals surface area contributed by atoms with Gasteiger partial charge in [-0.25, -0.2) is 0 Å². The van der Waals surface area contributed by atoms with Crippen molar-refractivity contribution in [1.82, 2.24) is 0 Å². The van der Waals surface area contributed by atoms with Crippen LogP contribution in [0.3, 0.4) is 0 Å². The van der Waals surface area contributed by atoms with Gasteiger partial charge in [0.05, 0.1) is 12.2 Å². The number of ketones is 1. The molecule has 3 aliphatic rings. The summed E-state index contributed by atoms with van der Waals surface area (Å²) in [4.78, 5) is 11.4. The van der Waals surface area contributed by atoms with Gasteiger partial charge in [-0.3, -0.25) is 4.79 Å². The molecule has 0 aromatic carbocycles. The van der Waals surface area contributed by atoms with Crippen molar-refractivity contribution in [2.45, 2.75) is 31.5 Å². The summed E-state index contributed by atoms with van der Waals surface area (Å²) in [5.41, 5.74) is 0. The summed E-state index contributed by atoms with van der Waals surface area (Å²) in [6, 6.07) is 0. The molecule has 0 aliphatic heterocycles. The van der Waals surface area contributed by atoms with Gasteiger partial charge in [-0.2, -0.15) is 0 Å². The van der Waals surface area contributed by atoms with Crippen molar-refractivity contribution in [2.24, 2.45) is 23.7 Å². The molecule has 0 spiro atoms. The third-order valence-corrected chi connectivity index (χ3v) is 4.30. The van der Waals surface area contributed by atoms with Crippen molar-refractivity contribution in [1.29, 1.82) is 0 Å². The Hall–Kier alpha value is -0.410. The number of carbonyl (C=O) groups excluding carboxylic acids is 1. The maximum atomic E-state index is 11.4. The molecule has 0 saturated heterocycles. The van der Waals surface area contributed by atoms with Gasteiger partial charge >= 0.3 is 0 Å². The van der Waals surface area contributed by atoms with Crippen molar-refractivity contribution < 1.29 is 15.0 Å². The fourth-order valence-electron chi connectivity index (χ4n) is 3.78. The standard InChI is InChI=1S/C10H14O3/c11-7-2-4-1-6(7)9-5(4)3-8(12)10(9)13/h4-6,8-10,12-13H,1-3H2. The van der Waals surface area contributed by atoms with Gasteiger partial charge in [0.1, 0.15) is 5.78 Å². The van der Waals surface area contributed by atoms with Crippen LogP contribution in [0.5, 0.6) is 0 Å². The van der Waals surface area contributed by atoms with Crippen molar-refractivity contribution in [3.05, 3.63) is 0 Å². The normalized spacial score (nSPS) is 58.8. The van der Waals surface area contributed by atoms with Gasteiger partial charge in [-0.15, -0.1) is 0 Å². The summed E-state index contributed by atoms with van der Waals surface area (Å²) in [6.07, 6.45) is 1.17. The molecule has 3 saturated carbocycles. The Morgan fingerprint density at radius 1 is 1.23 bits per heavy atom. The van der Waals surface area contributed by atoms with E-state index in [2.05, 4.69) is 0 Å². The van der Waals surface area contributed by atoms with E-state index in [1.165, 1.54) is 0 Å². The Bertz CT molecular complexity index is 263. The van der Waals surface area contributed by atoms with Crippen LogP contribution in [0.4, 0.5) is 0 Å². The molecule has 3 fully saturated rings. The second-order valence-corrected chi connectivity index (χ2v) is 4.81. The first-order valence-electron chi connectivity index (χ1n) is 5.07. The molecule has 0 amide bonds. The number of hydrogen-bond acceptors (Lipinski definition) is 3. The van der Waals surface area contributed by atoms with E-state index in [4.69, 9.17) is 0 Å². The van der Waals surface area contributed by atoms with E-state index in [-0.39, 0.29) is 11.8 Å². The van der Waals surface area contributed by atoms with E-state index in [0.717, 1.165) is 6.42 Å². The van der Waals surface area contributed by atoms with Gasteiger partial charge < -0.3 is 10.2 Å². The Morgan fingerprint density at radius 3 is 2.77 bits per heavy atom. The molecule has 0 aromatic heterocycles. The van der Waals surface area contributed by atoms with Crippen molar-refractivity contribution in [3.8, 4) is 0 Å². The van der Waals surface area contributed by atoms with E-state index in [9.17, 15) is 15.0 Å². The van der Waals surface area contributed by atoms with Gasteiger partial charge in [-0.1, -0.05) is 0 Å². The van der Waals surface area contributed by atoms with Crippen LogP contribution in [0.25, 0.3) is 0 Å². The van der Waals surface area contributed by atoms with E-state index >= 15 is 0 Å². The lowest BCUT2D eigenvalue weighted by atomic mass is 9.80. The fraction of sp³-hybridized carbons (Fsp3) is 0.900. The first kappa shape index (κ1) is 7.94. The zero-order valence-corrected chi connectivity index (χ0v) is 7.39. The highest BCUT2D eigenvalue weighted by atomic mass is 16.3. The van der Waals surface area contributed by atoms with Gasteiger partial charge in [-0.05, 0) is 24.7 Å². The molecule has 3 aliphatic carbocycles. The van der Waals surface area contributed by atoms with Crippen LogP contribution < -0.4 is 0 Å². The van der Waals surface area contributed by atoms with Crippen LogP contribution in [-0.4, -0.2) is 28.2 Å². The maximum absolute atomic E-state index is 11.4. The minimum Gasteiger partial charge on any atom is -0.390 e. The largest absolute Gasteiger partial charge is 0.390 e. The second-order valence-electron chi connectivity index (χ2n) is 4.81. The molecule has 3 heteroatoms. The maximum Gasteiger partial charge on any atom is 0.136 e. The molecule has 0 radical (unpaired) electrons. The third kappa shape index (κ3) is 0.842. The zero-order chi connectivity index (χ0) is 9.16. The van der Waals surface area contributed by atoms with E-state index in [1.807, 2.05) is 0 Å². The lowest BCUT2D eigenvalue weighted by Crippen LogP contribution is -2.33. The molecule has 0 aromatic rings. The molecule has 6 atom stereocenters. The smallest absolute Gasteiger partial charge is 0.136 e. The Kier molecular flexibility index (Phi) is 1.43. The quantitative estimate of drug-likeness (QED) is 0.552. The number of Topliss-reactive ketones (excluding diaryl/α,β-unsaturated/α-hetero) is 1. The highest BCUT2D eigenvalue weighted by Gasteiger charge is 2.59. The lowest BCUT2D eigenvalue weighted by Gasteiger charge is -2.25. The fourth-order valence-corrected chi connectivity index (χ4v) is 3.78. The summed E-state index contributed by atoms with van der Waals surface area (Å²) in [5.74, 6) is 1.37. The molecule has 3 nitrogen and oxygen atoms in total. The Balaban J connectivity index is 1.94. The summed E-state index contributed by atoms with van der Waals surface area (Å²) < 4.78 is 0. The predicted molar refractivity (Wildman–Crippen MR) is 44.8 cm³/mol. The highest BCUT2D eigenvalue weighted by molar-refractivity contribution is 5.85. The zero-order valence-electron chi connectivity index (χ0n) is 7.39. The average Bonchev–Trinajstić information content (AvgIpc) is 2.66. The summed E-state index contributed by atoms with van der Waals surface area (Å²) in [5, 5.41) is 19.2. The molecule has 3 rings (SSSR count). The third-order valence-electron chi connectivity index (χ3n) is 4.30. The van der Waals surface area contributed by atoms with Crippen LogP contribution in [0.15, 0.2) is 0 Å². The second kappa shape index (κ2) is 2.34. The number of aliphatic hydroxyl groups is 2. The van der Waals surface area contributed by atoms with Crippen molar-refractivity contribution in [2.75, 3.05) is 0 Å². The highest BCUT2D eigenvalue weighted by Crippen LogP contribution is 2.57. The average molecular weight is 182 g/mol. The molecule has 6 unspecified atom stereocenters. The predicted octanol–water partition coefficient (Wildman–Crippen LogP) is -0.0468. The number of aliphatic hydroxyl groups excluding tert-OH is 2. The van der Waals surface area contributed by atoms with Crippen LogP contribution in [-0.2, 0) is 4.79 Å². The molecular formula is C10H14O3. The molecular weight excluding hydrogens is 168 g/mol. The SMILES string of the molecule is O=C1CC2CC1C1C(O)C(O)CC21. The van der Waals surface area contributed by atoms with E-state index in [1.54, 1.807) is 0 Å². The van der Waals surface area contributed by atoms with Crippen molar-refractivity contribution >= 4 is 5.78 Å². The summed E-state index contributed by atoms with van der Waals surface area (Å²) in [7, 11) is 0. The van der Waals surface area contributed by atoms with E-state index in [0.29, 0.717) is 30.5 Å². The van der Waals surface area contributed by atoms with Crippen molar-refractivity contribution in [3.63, 3.8) is 0 Å². The van der Waals surface area contributed by atoms with Crippen LogP contribution >= 0.6 is 0 Å². The topological polar surface area (TPSA) is 57.5 Å². The van der Waals surface area contributed by atoms with Crippen LogP contribution in [0.2, 0.25) is 0 Å². The molecule has 72 valence electrons. The van der Waals surface area contributed by atoms with E-state index < -0.39 is 12.2 Å². The summed E-state index contributed by atoms with van der Waals surface area (Å²) >= 11 is 0. The lowest BCUT2D eigenvalue weighted by molar-refractivity contribution is -0.125. The minimum atomic E-state index is -0.635. The first-order chi connectivity index (χ1) is 6.18. The Labute approximate surface area is 76.8 Å². The first-order valence-corrected chi connectivity index (χ1v) is 5.07. The van der Waals surface area contributed by atoms with Gasteiger partial charge in [0.2, 0.25) is 0 Å². The Morgan fingerprint density at radius 2 is 2.00 bits per heavy atom. The van der Waals surface area contributed by atoms with Gasteiger partial charge in [0, 0.05) is 18.3 Å². The minimum absolute atomic E-state index is 0.0714. The molecule has 2 N–H and O–H groups in total. The monoisotopic (exact) mass is 182 g/mol. The number of hydrogen-bond donors (Lipinski definition) is 2.